The maximum absolute atomic E-state index is 8.96. The maximum Gasteiger partial charge on any atom is 0.0564 e. The summed E-state index contributed by atoms with van der Waals surface area (Å²) in [5.41, 5.74) is 0. The molecule has 1 aliphatic heterocycles. The highest BCUT2D eigenvalue weighted by molar-refractivity contribution is 4.80. The van der Waals surface area contributed by atoms with Gasteiger partial charge in [0.1, 0.15) is 0 Å². The van der Waals surface area contributed by atoms with Gasteiger partial charge in [-0.1, -0.05) is 0 Å². The molecule has 1 saturated heterocycles. The molecule has 2 nitrogen and oxygen atoms in total. The van der Waals surface area contributed by atoms with E-state index in [0.717, 1.165) is 13.1 Å². The van der Waals surface area contributed by atoms with Crippen LogP contribution in [-0.4, -0.2) is 36.2 Å². The summed E-state index contributed by atoms with van der Waals surface area (Å²) in [5.74, 6) is 0.542. The SMILES string of the molecule is CC(O)C1CN(C)C1. The van der Waals surface area contributed by atoms with E-state index in [2.05, 4.69) is 11.9 Å². The summed E-state index contributed by atoms with van der Waals surface area (Å²) >= 11 is 0. The summed E-state index contributed by atoms with van der Waals surface area (Å²) in [6.45, 7) is 3.99. The minimum absolute atomic E-state index is 0.105. The average molecular weight is 115 g/mol. The lowest BCUT2D eigenvalue weighted by Crippen LogP contribution is -2.48. The monoisotopic (exact) mass is 115 g/mol. The molecule has 0 aromatic carbocycles. The molecule has 1 fully saturated rings. The summed E-state index contributed by atoms with van der Waals surface area (Å²) < 4.78 is 0. The Morgan fingerprint density at radius 1 is 1.62 bits per heavy atom. The fourth-order valence-electron chi connectivity index (χ4n) is 1.05. The van der Waals surface area contributed by atoms with E-state index < -0.39 is 0 Å². The maximum atomic E-state index is 8.96. The quantitative estimate of drug-likeness (QED) is 0.517. The second-order valence-electron chi connectivity index (χ2n) is 2.72. The first-order chi connectivity index (χ1) is 3.70. The first-order valence-electron chi connectivity index (χ1n) is 3.07. The summed E-state index contributed by atoms with van der Waals surface area (Å²) in [7, 11) is 2.07. The number of aliphatic hydroxyl groups is 1. The van der Waals surface area contributed by atoms with Gasteiger partial charge in [-0.2, -0.15) is 0 Å². The molecule has 1 unspecified atom stereocenters. The first kappa shape index (κ1) is 6.05. The van der Waals surface area contributed by atoms with Gasteiger partial charge in [-0.15, -0.1) is 0 Å². The van der Waals surface area contributed by atoms with E-state index in [1.807, 2.05) is 6.92 Å². The van der Waals surface area contributed by atoms with Crippen molar-refractivity contribution in [2.45, 2.75) is 13.0 Å². The molecule has 1 heterocycles. The molecule has 0 aromatic rings. The Bertz CT molecular complexity index is 76.6. The van der Waals surface area contributed by atoms with E-state index in [1.54, 1.807) is 0 Å². The molecular weight excluding hydrogens is 102 g/mol. The van der Waals surface area contributed by atoms with Gasteiger partial charge in [0.25, 0.3) is 0 Å². The molecule has 0 spiro atoms. The van der Waals surface area contributed by atoms with E-state index in [0.29, 0.717) is 5.92 Å². The molecule has 1 rings (SSSR count). The van der Waals surface area contributed by atoms with Crippen LogP contribution in [-0.2, 0) is 0 Å². The molecule has 48 valence electrons. The van der Waals surface area contributed by atoms with Gasteiger partial charge in [0.2, 0.25) is 0 Å². The molecule has 0 amide bonds. The summed E-state index contributed by atoms with van der Waals surface area (Å²) in [6, 6.07) is 0. The topological polar surface area (TPSA) is 23.5 Å². The minimum Gasteiger partial charge on any atom is -0.393 e. The molecular formula is C6H13NO. The number of likely N-dealkylation sites (tertiary alicyclic amines) is 1. The third-order valence-corrected chi connectivity index (χ3v) is 1.77. The molecule has 1 atom stereocenters. The Morgan fingerprint density at radius 3 is 2.25 bits per heavy atom. The second-order valence-corrected chi connectivity index (χ2v) is 2.72. The van der Waals surface area contributed by atoms with Crippen LogP contribution in [0.15, 0.2) is 0 Å². The highest BCUT2D eigenvalue weighted by Crippen LogP contribution is 2.15. The normalized spacial score (nSPS) is 27.4. The van der Waals surface area contributed by atoms with E-state index in [4.69, 9.17) is 5.11 Å². The molecule has 0 aliphatic carbocycles. The number of aliphatic hydroxyl groups excluding tert-OH is 1. The fourth-order valence-corrected chi connectivity index (χ4v) is 1.05. The summed E-state index contributed by atoms with van der Waals surface area (Å²) in [4.78, 5) is 2.21. The van der Waals surface area contributed by atoms with Crippen LogP contribution in [0.2, 0.25) is 0 Å². The zero-order chi connectivity index (χ0) is 6.15. The molecule has 0 bridgehead atoms. The lowest BCUT2D eigenvalue weighted by Gasteiger charge is -2.37. The molecule has 0 saturated carbocycles. The van der Waals surface area contributed by atoms with Crippen molar-refractivity contribution in [2.24, 2.45) is 5.92 Å². The largest absolute Gasteiger partial charge is 0.393 e. The zero-order valence-electron chi connectivity index (χ0n) is 5.46. The number of hydrogen-bond donors (Lipinski definition) is 1. The fraction of sp³-hybridized carbons (Fsp3) is 1.00. The van der Waals surface area contributed by atoms with E-state index in [9.17, 15) is 0 Å². The van der Waals surface area contributed by atoms with Crippen LogP contribution in [0.4, 0.5) is 0 Å². The standard InChI is InChI=1S/C6H13NO/c1-5(8)6-3-7(2)4-6/h5-6,8H,3-4H2,1-2H3. The minimum atomic E-state index is -0.105. The van der Waals surface area contributed by atoms with Gasteiger partial charge in [0.15, 0.2) is 0 Å². The third-order valence-electron chi connectivity index (χ3n) is 1.77. The lowest BCUT2D eigenvalue weighted by atomic mass is 9.96. The van der Waals surface area contributed by atoms with Gasteiger partial charge in [0, 0.05) is 19.0 Å². The highest BCUT2D eigenvalue weighted by Gasteiger charge is 2.26. The van der Waals surface area contributed by atoms with Crippen LogP contribution in [0.3, 0.4) is 0 Å². The van der Waals surface area contributed by atoms with Crippen LogP contribution in [0.5, 0.6) is 0 Å². The Labute approximate surface area is 50.1 Å². The van der Waals surface area contributed by atoms with Crippen molar-refractivity contribution in [1.29, 1.82) is 0 Å². The number of hydrogen-bond acceptors (Lipinski definition) is 2. The smallest absolute Gasteiger partial charge is 0.0564 e. The van der Waals surface area contributed by atoms with Crippen LogP contribution in [0.1, 0.15) is 6.92 Å². The Morgan fingerprint density at radius 2 is 2.12 bits per heavy atom. The van der Waals surface area contributed by atoms with Crippen molar-refractivity contribution < 1.29 is 5.11 Å². The van der Waals surface area contributed by atoms with Gasteiger partial charge < -0.3 is 10.0 Å². The van der Waals surface area contributed by atoms with Crippen LogP contribution in [0, 0.1) is 5.92 Å². The molecule has 0 aromatic heterocycles. The van der Waals surface area contributed by atoms with E-state index in [1.165, 1.54) is 0 Å². The second kappa shape index (κ2) is 2.03. The van der Waals surface area contributed by atoms with Crippen molar-refractivity contribution >= 4 is 0 Å². The van der Waals surface area contributed by atoms with Crippen molar-refractivity contribution in [3.8, 4) is 0 Å². The van der Waals surface area contributed by atoms with Crippen molar-refractivity contribution in [3.63, 3.8) is 0 Å². The predicted octanol–water partition coefficient (Wildman–Crippen LogP) is -0.0712. The average Bonchev–Trinajstić information content (AvgIpc) is 1.57. The van der Waals surface area contributed by atoms with E-state index in [-0.39, 0.29) is 6.10 Å². The third kappa shape index (κ3) is 1.01. The van der Waals surface area contributed by atoms with Gasteiger partial charge in [-0.3, -0.25) is 0 Å². The summed E-state index contributed by atoms with van der Waals surface area (Å²) in [5, 5.41) is 8.96. The van der Waals surface area contributed by atoms with Crippen molar-refractivity contribution in [1.82, 2.24) is 4.90 Å². The molecule has 2 heteroatoms. The molecule has 0 radical (unpaired) electrons. The van der Waals surface area contributed by atoms with E-state index >= 15 is 0 Å². The van der Waals surface area contributed by atoms with Gasteiger partial charge >= 0.3 is 0 Å². The van der Waals surface area contributed by atoms with Crippen molar-refractivity contribution in [3.05, 3.63) is 0 Å². The summed E-state index contributed by atoms with van der Waals surface area (Å²) in [6.07, 6.45) is -0.105. The highest BCUT2D eigenvalue weighted by atomic mass is 16.3. The number of rotatable bonds is 1. The zero-order valence-corrected chi connectivity index (χ0v) is 5.46. The van der Waals surface area contributed by atoms with Crippen LogP contribution >= 0.6 is 0 Å². The predicted molar refractivity (Wildman–Crippen MR) is 32.7 cm³/mol. The van der Waals surface area contributed by atoms with Gasteiger partial charge in [-0.25, -0.2) is 0 Å². The van der Waals surface area contributed by atoms with Gasteiger partial charge in [-0.05, 0) is 14.0 Å². The Kier molecular flexibility index (Phi) is 1.54. The molecule has 1 N–H and O–H groups in total. The van der Waals surface area contributed by atoms with Crippen LogP contribution in [0.25, 0.3) is 0 Å². The Hall–Kier alpha value is -0.0800. The Balaban J connectivity index is 2.15. The molecule has 8 heavy (non-hydrogen) atoms. The van der Waals surface area contributed by atoms with Gasteiger partial charge in [0.05, 0.1) is 6.10 Å². The first-order valence-corrected chi connectivity index (χ1v) is 3.07. The van der Waals surface area contributed by atoms with Crippen LogP contribution < -0.4 is 0 Å². The molecule has 1 aliphatic rings. The number of nitrogens with zero attached hydrogens (tertiary/aromatic N) is 1. The van der Waals surface area contributed by atoms with Crippen molar-refractivity contribution in [2.75, 3.05) is 20.1 Å². The lowest BCUT2D eigenvalue weighted by molar-refractivity contribution is 0.0210.